The second-order valence-corrected chi connectivity index (χ2v) is 18.3. The number of carbonyl (C=O) groups is 5. The fourth-order valence-corrected chi connectivity index (χ4v) is 8.15. The van der Waals surface area contributed by atoms with Crippen molar-refractivity contribution in [2.24, 2.45) is 28.7 Å². The summed E-state index contributed by atoms with van der Waals surface area (Å²) in [6.07, 6.45) is 7.81. The van der Waals surface area contributed by atoms with Crippen LogP contribution >= 0.6 is 11.8 Å². The molecule has 0 aliphatic carbocycles. The van der Waals surface area contributed by atoms with Gasteiger partial charge in [-0.3, -0.25) is 24.0 Å². The van der Waals surface area contributed by atoms with E-state index in [9.17, 15) is 29.1 Å². The van der Waals surface area contributed by atoms with Crippen molar-refractivity contribution in [3.8, 4) is 0 Å². The third-order valence-electron chi connectivity index (χ3n) is 11.5. The van der Waals surface area contributed by atoms with Gasteiger partial charge in [0.1, 0.15) is 11.7 Å². The molecule has 15 heteroatoms. The number of nitrogens with two attached hydrogens (primary N) is 2. The molecule has 1 saturated heterocycles. The molecule has 0 aromatic heterocycles. The fourth-order valence-electron chi connectivity index (χ4n) is 7.45. The van der Waals surface area contributed by atoms with Gasteiger partial charge in [-0.05, 0) is 95.4 Å². The predicted molar refractivity (Wildman–Crippen MR) is 246 cm³/mol. The van der Waals surface area contributed by atoms with Crippen LogP contribution in [-0.4, -0.2) is 96.1 Å². The first kappa shape index (κ1) is 53.2. The molecule has 1 aromatic carbocycles. The topological polar surface area (TPSA) is 218 Å². The normalized spacial score (nSPS) is 17.1. The van der Waals surface area contributed by atoms with Crippen LogP contribution in [0, 0.1) is 17.3 Å². The fraction of sp³-hybridized carbons (Fsp3) is 0.674. The number of piperidine rings is 1. The number of nitrogens with zero attached hydrogens (tertiary/aromatic N) is 1. The number of hydrogen-bond donors (Lipinski definition) is 7. The molecule has 0 radical (unpaired) electrons. The molecule has 0 bridgehead atoms. The summed E-state index contributed by atoms with van der Waals surface area (Å²) in [6, 6.07) is 5.22. The minimum absolute atomic E-state index is 0.0449. The molecule has 61 heavy (non-hydrogen) atoms. The predicted octanol–water partition coefficient (Wildman–Crippen LogP) is 6.06. The van der Waals surface area contributed by atoms with E-state index < -0.39 is 35.5 Å². The minimum atomic E-state index is -1.15. The van der Waals surface area contributed by atoms with Crippen molar-refractivity contribution in [2.45, 2.75) is 156 Å². The Kier molecular flexibility index (Phi) is 23.7. The number of carboxylic acids is 1. The van der Waals surface area contributed by atoms with Crippen molar-refractivity contribution in [1.82, 2.24) is 20.9 Å². The molecule has 9 N–H and O–H groups in total. The summed E-state index contributed by atoms with van der Waals surface area (Å²) < 4.78 is 6.28. The number of carbonyl (C=O) groups excluding carboxylic acids is 4. The summed E-state index contributed by atoms with van der Waals surface area (Å²) in [6.45, 7) is 21.4. The molecular formula is C46H77N7O7S. The molecule has 1 aromatic rings. The van der Waals surface area contributed by atoms with Crippen LogP contribution in [0.2, 0.25) is 0 Å². The molecule has 1 aliphatic heterocycles. The van der Waals surface area contributed by atoms with E-state index in [0.29, 0.717) is 36.6 Å². The number of aliphatic carboxylic acids is 1. The Hall–Kier alpha value is -3.92. The van der Waals surface area contributed by atoms with E-state index in [1.165, 1.54) is 17.2 Å². The van der Waals surface area contributed by atoms with Gasteiger partial charge in [-0.2, -0.15) is 0 Å². The highest BCUT2D eigenvalue weighted by molar-refractivity contribution is 8.05. The van der Waals surface area contributed by atoms with Gasteiger partial charge in [0, 0.05) is 41.2 Å². The van der Waals surface area contributed by atoms with Crippen LogP contribution in [0.5, 0.6) is 0 Å². The van der Waals surface area contributed by atoms with Crippen molar-refractivity contribution in [1.29, 1.82) is 0 Å². The zero-order valence-electron chi connectivity index (χ0n) is 38.1. The highest BCUT2D eigenvalue weighted by Gasteiger charge is 2.37. The number of anilines is 1. The summed E-state index contributed by atoms with van der Waals surface area (Å²) in [7, 11) is 0. The van der Waals surface area contributed by atoms with E-state index in [2.05, 4.69) is 48.6 Å². The van der Waals surface area contributed by atoms with Gasteiger partial charge in [0.2, 0.25) is 17.7 Å². The molecule has 0 unspecified atom stereocenters. The van der Waals surface area contributed by atoms with Gasteiger partial charge in [-0.25, -0.2) is 0 Å². The Bertz CT molecular complexity index is 1600. The first-order chi connectivity index (χ1) is 28.9. The molecule has 1 heterocycles. The number of unbranched alkanes of at least 4 members (excludes halogenated alkanes) is 3. The van der Waals surface area contributed by atoms with Gasteiger partial charge in [-0.1, -0.05) is 97.2 Å². The number of amides is 4. The smallest absolute Gasteiger partial charge is 0.309 e. The first-order valence-corrected chi connectivity index (χ1v) is 23.2. The Morgan fingerprint density at radius 2 is 1.74 bits per heavy atom. The zero-order chi connectivity index (χ0) is 45.7. The lowest BCUT2D eigenvalue weighted by Crippen LogP contribution is -2.59. The van der Waals surface area contributed by atoms with Gasteiger partial charge >= 0.3 is 5.97 Å². The Morgan fingerprint density at radius 1 is 1.05 bits per heavy atom. The van der Waals surface area contributed by atoms with Gasteiger partial charge < -0.3 is 47.5 Å². The Labute approximate surface area is 369 Å². The van der Waals surface area contributed by atoms with Gasteiger partial charge in [0.05, 0.1) is 24.1 Å². The Balaban J connectivity index is 2.33. The van der Waals surface area contributed by atoms with Crippen molar-refractivity contribution in [2.75, 3.05) is 31.6 Å². The second-order valence-electron chi connectivity index (χ2n) is 17.3. The minimum Gasteiger partial charge on any atom is -0.481 e. The molecule has 4 amide bonds. The number of benzene rings is 1. The van der Waals surface area contributed by atoms with Crippen molar-refractivity contribution in [3.05, 3.63) is 52.4 Å². The van der Waals surface area contributed by atoms with Crippen molar-refractivity contribution in [3.63, 3.8) is 0 Å². The standard InChI is InChI=1S/C46H77N7O7S/c1-10-13-14-17-24-53(44(57)41(31(6)11-2)52-43(56)37-18-15-16-23-49-37)38(30(4)5)26-39(60-12-3)32(7)61-29-36(48)42(55)51-35(27-46(8,9)45(58)59)25-33-19-21-34(22-20-33)50-40(54)28-47/h19-22,29-31,35,37-39,41,49H,7,10-18,23-28,47-48H2,1-6,8-9H3,(H,50,54)(H,51,55)(H,52,56)(H,58,59)/b36-29-/t31-,35-,37+,38+,39+,41-/m0/s1. The van der Waals surface area contributed by atoms with Gasteiger partial charge in [0.15, 0.2) is 0 Å². The van der Waals surface area contributed by atoms with Crippen LogP contribution in [0.3, 0.4) is 0 Å². The largest absolute Gasteiger partial charge is 0.481 e. The number of nitrogens with one attached hydrogen (secondary N) is 4. The van der Waals surface area contributed by atoms with E-state index in [1.54, 1.807) is 38.1 Å². The number of rotatable bonds is 28. The highest BCUT2D eigenvalue weighted by atomic mass is 32.2. The molecule has 2 rings (SSSR count). The maximum Gasteiger partial charge on any atom is 0.309 e. The summed E-state index contributed by atoms with van der Waals surface area (Å²) in [5.41, 5.74) is 11.9. The van der Waals surface area contributed by atoms with Crippen molar-refractivity contribution >= 4 is 47.0 Å². The SMILES string of the molecule is C=C(S/C=C(\N)C(=O)N[C@@H](Cc1ccc(NC(=O)CN)cc1)CC(C)(C)C(=O)O)[C@@H](C[C@H](C(C)C)N(CCCCCC)C(=O)[C@@H](NC(=O)[C@H]1CCCCN1)[C@@H](C)CC)OCC. The van der Waals surface area contributed by atoms with E-state index >= 15 is 0 Å². The summed E-state index contributed by atoms with van der Waals surface area (Å²) >= 11 is 1.18. The van der Waals surface area contributed by atoms with E-state index in [-0.39, 0.29) is 60.3 Å². The second kappa shape index (κ2) is 27.2. The molecule has 0 saturated carbocycles. The van der Waals surface area contributed by atoms with Crippen LogP contribution in [0.4, 0.5) is 5.69 Å². The lowest BCUT2D eigenvalue weighted by molar-refractivity contribution is -0.148. The zero-order valence-corrected chi connectivity index (χ0v) is 39.0. The van der Waals surface area contributed by atoms with Crippen molar-refractivity contribution < 1.29 is 33.8 Å². The third kappa shape index (κ3) is 18.1. The van der Waals surface area contributed by atoms with Gasteiger partial charge in [-0.15, -0.1) is 0 Å². The number of ether oxygens (including phenoxy) is 1. The van der Waals surface area contributed by atoms with Crippen LogP contribution in [0.15, 0.2) is 46.9 Å². The molecule has 6 atom stereocenters. The summed E-state index contributed by atoms with van der Waals surface area (Å²) in [5, 5.41) is 23.5. The molecule has 1 fully saturated rings. The molecule has 344 valence electrons. The molecule has 14 nitrogen and oxygen atoms in total. The first-order valence-electron chi connectivity index (χ1n) is 22.3. The highest BCUT2D eigenvalue weighted by Crippen LogP contribution is 2.30. The van der Waals surface area contributed by atoms with E-state index in [4.69, 9.17) is 16.2 Å². The van der Waals surface area contributed by atoms with Crippen LogP contribution in [0.25, 0.3) is 0 Å². The third-order valence-corrected chi connectivity index (χ3v) is 12.4. The average molecular weight is 872 g/mol. The molecule has 1 aliphatic rings. The molecule has 0 spiro atoms. The average Bonchev–Trinajstić information content (AvgIpc) is 3.23. The number of hydrogen-bond acceptors (Lipinski definition) is 10. The van der Waals surface area contributed by atoms with E-state index in [1.807, 2.05) is 25.7 Å². The van der Waals surface area contributed by atoms with E-state index in [0.717, 1.165) is 63.5 Å². The summed E-state index contributed by atoms with van der Waals surface area (Å²) in [5.74, 6) is -2.13. The van der Waals surface area contributed by atoms with Crippen LogP contribution < -0.4 is 32.7 Å². The quantitative estimate of drug-likeness (QED) is 0.0379. The maximum absolute atomic E-state index is 14.8. The van der Waals surface area contributed by atoms with Gasteiger partial charge in [0.25, 0.3) is 5.91 Å². The Morgan fingerprint density at radius 3 is 2.30 bits per heavy atom. The lowest BCUT2D eigenvalue weighted by Gasteiger charge is -2.40. The maximum atomic E-state index is 14.8. The summed E-state index contributed by atoms with van der Waals surface area (Å²) in [4.78, 5) is 68.2. The lowest BCUT2D eigenvalue weighted by atomic mass is 9.84. The monoisotopic (exact) mass is 872 g/mol. The van der Waals surface area contributed by atoms with Crippen LogP contribution in [0.1, 0.15) is 125 Å². The van der Waals surface area contributed by atoms with Crippen LogP contribution in [-0.2, 0) is 35.1 Å². The molecular weight excluding hydrogens is 795 g/mol. The number of carboxylic acid groups (broad SMARTS) is 1. The number of thioether (sulfide) groups is 1.